The molecule has 0 radical (unpaired) electrons. The average Bonchev–Trinajstić information content (AvgIpc) is 3.29. The summed E-state index contributed by atoms with van der Waals surface area (Å²) in [5.74, 6) is 0.663. The van der Waals surface area contributed by atoms with Gasteiger partial charge in [-0.1, -0.05) is 17.7 Å². The van der Waals surface area contributed by atoms with Gasteiger partial charge in [-0.25, -0.2) is 8.42 Å². The van der Waals surface area contributed by atoms with Gasteiger partial charge in [-0.15, -0.1) is 0 Å². The van der Waals surface area contributed by atoms with E-state index < -0.39 is 9.84 Å². The molecule has 22 heavy (non-hydrogen) atoms. The van der Waals surface area contributed by atoms with Crippen molar-refractivity contribution in [3.05, 3.63) is 53.6 Å². The van der Waals surface area contributed by atoms with E-state index in [1.54, 1.807) is 49.4 Å². The van der Waals surface area contributed by atoms with Crippen LogP contribution in [0.3, 0.4) is 0 Å². The van der Waals surface area contributed by atoms with Crippen molar-refractivity contribution in [1.82, 2.24) is 0 Å². The third-order valence-electron chi connectivity index (χ3n) is 3.61. The van der Waals surface area contributed by atoms with E-state index in [2.05, 4.69) is 0 Å². The van der Waals surface area contributed by atoms with E-state index in [9.17, 15) is 8.42 Å². The normalized spacial score (nSPS) is 17.3. The van der Waals surface area contributed by atoms with Crippen molar-refractivity contribution in [2.45, 2.75) is 29.7 Å². The Bertz CT molecular complexity index is 775. The zero-order chi connectivity index (χ0) is 15.7. The van der Waals surface area contributed by atoms with E-state index in [0.717, 1.165) is 12.2 Å². The molecule has 0 N–H and O–H groups in total. The van der Waals surface area contributed by atoms with Crippen molar-refractivity contribution in [2.24, 2.45) is 0 Å². The molecule has 1 aliphatic heterocycles. The van der Waals surface area contributed by atoms with Crippen molar-refractivity contribution >= 4 is 9.84 Å². The summed E-state index contributed by atoms with van der Waals surface area (Å²) in [5.41, 5.74) is 1.71. The van der Waals surface area contributed by atoms with E-state index in [4.69, 9.17) is 9.47 Å². The maximum Gasteiger partial charge on any atom is 0.206 e. The zero-order valence-corrected chi connectivity index (χ0v) is 13.4. The Labute approximate surface area is 130 Å². The smallest absolute Gasteiger partial charge is 0.206 e. The molecule has 1 unspecified atom stereocenters. The van der Waals surface area contributed by atoms with E-state index in [0.29, 0.717) is 27.7 Å². The van der Waals surface area contributed by atoms with E-state index in [1.807, 2.05) is 6.92 Å². The van der Waals surface area contributed by atoms with Gasteiger partial charge in [0.05, 0.1) is 16.4 Å². The standard InChI is InChI=1S/C17H18O4S/c1-12-3-6-16(7-4-12)22(18,19)17-8-5-14(9-13(17)2)20-10-15-11-21-15/h3-9,15H,10-11H2,1-2H3. The maximum absolute atomic E-state index is 12.7. The van der Waals surface area contributed by atoms with Crippen LogP contribution in [0.2, 0.25) is 0 Å². The summed E-state index contributed by atoms with van der Waals surface area (Å²) in [6.07, 6.45) is 0.177. The van der Waals surface area contributed by atoms with Crippen molar-refractivity contribution in [1.29, 1.82) is 0 Å². The predicted molar refractivity (Wildman–Crippen MR) is 83.0 cm³/mol. The minimum atomic E-state index is -3.50. The van der Waals surface area contributed by atoms with Gasteiger partial charge in [0.2, 0.25) is 9.84 Å². The second kappa shape index (κ2) is 5.74. The number of ether oxygens (including phenoxy) is 2. The number of epoxide rings is 1. The SMILES string of the molecule is Cc1ccc(S(=O)(=O)c2ccc(OCC3CO3)cc2C)cc1. The molecular formula is C17H18O4S. The predicted octanol–water partition coefficient (Wildman–Crippen LogP) is 2.91. The van der Waals surface area contributed by atoms with Crippen LogP contribution in [0, 0.1) is 13.8 Å². The fourth-order valence-corrected chi connectivity index (χ4v) is 3.69. The topological polar surface area (TPSA) is 55.9 Å². The highest BCUT2D eigenvalue weighted by Crippen LogP contribution is 2.27. The fourth-order valence-electron chi connectivity index (χ4n) is 2.21. The van der Waals surface area contributed by atoms with E-state index >= 15 is 0 Å². The quantitative estimate of drug-likeness (QED) is 0.795. The molecule has 2 aromatic carbocycles. The lowest BCUT2D eigenvalue weighted by atomic mass is 10.2. The highest BCUT2D eigenvalue weighted by atomic mass is 32.2. The van der Waals surface area contributed by atoms with Gasteiger partial charge < -0.3 is 9.47 Å². The van der Waals surface area contributed by atoms with E-state index in [-0.39, 0.29) is 6.10 Å². The van der Waals surface area contributed by atoms with Crippen molar-refractivity contribution < 1.29 is 17.9 Å². The number of hydrogen-bond donors (Lipinski definition) is 0. The van der Waals surface area contributed by atoms with Crippen LogP contribution in [0.5, 0.6) is 5.75 Å². The molecule has 0 aliphatic carbocycles. The molecule has 1 heterocycles. The molecule has 0 amide bonds. The number of aryl methyl sites for hydroxylation is 2. The first-order valence-corrected chi connectivity index (χ1v) is 8.62. The van der Waals surface area contributed by atoms with Gasteiger partial charge in [0.1, 0.15) is 18.5 Å². The van der Waals surface area contributed by atoms with Crippen molar-refractivity contribution in [2.75, 3.05) is 13.2 Å². The van der Waals surface area contributed by atoms with Crippen LogP contribution < -0.4 is 4.74 Å². The molecule has 3 rings (SSSR count). The molecule has 0 aromatic heterocycles. The van der Waals surface area contributed by atoms with Crippen molar-refractivity contribution in [3.63, 3.8) is 0 Å². The van der Waals surface area contributed by atoms with Crippen LogP contribution in [0.1, 0.15) is 11.1 Å². The number of rotatable bonds is 5. The molecule has 116 valence electrons. The number of hydrogen-bond acceptors (Lipinski definition) is 4. The zero-order valence-electron chi connectivity index (χ0n) is 12.6. The van der Waals surface area contributed by atoms with Gasteiger partial charge in [0.25, 0.3) is 0 Å². The van der Waals surface area contributed by atoms with Crippen LogP contribution in [-0.4, -0.2) is 27.7 Å². The molecule has 2 aromatic rings. The average molecular weight is 318 g/mol. The Hall–Kier alpha value is -1.85. The molecule has 0 spiro atoms. The molecule has 0 saturated carbocycles. The first-order valence-electron chi connectivity index (χ1n) is 7.13. The van der Waals surface area contributed by atoms with Gasteiger partial charge >= 0.3 is 0 Å². The summed E-state index contributed by atoms with van der Waals surface area (Å²) in [6, 6.07) is 11.9. The maximum atomic E-state index is 12.7. The summed E-state index contributed by atoms with van der Waals surface area (Å²) in [7, 11) is -3.50. The van der Waals surface area contributed by atoms with Gasteiger partial charge in [-0.2, -0.15) is 0 Å². The molecule has 1 saturated heterocycles. The molecule has 5 heteroatoms. The van der Waals surface area contributed by atoms with Gasteiger partial charge in [0, 0.05) is 0 Å². The Balaban J connectivity index is 1.87. The molecule has 1 atom stereocenters. The number of sulfone groups is 1. The Morgan fingerprint density at radius 1 is 1.14 bits per heavy atom. The van der Waals surface area contributed by atoms with Crippen LogP contribution in [-0.2, 0) is 14.6 Å². The highest BCUT2D eigenvalue weighted by Gasteiger charge is 2.24. The lowest BCUT2D eigenvalue weighted by Crippen LogP contribution is -2.07. The van der Waals surface area contributed by atoms with Crippen molar-refractivity contribution in [3.8, 4) is 5.75 Å². The second-order valence-corrected chi connectivity index (χ2v) is 7.43. The van der Waals surface area contributed by atoms with Gasteiger partial charge in [-0.3, -0.25) is 0 Å². The lowest BCUT2D eigenvalue weighted by molar-refractivity contribution is 0.263. The third-order valence-corrected chi connectivity index (χ3v) is 5.54. The molecule has 1 fully saturated rings. The Kier molecular flexibility index (Phi) is 3.93. The number of benzene rings is 2. The van der Waals surface area contributed by atoms with E-state index in [1.165, 1.54) is 0 Å². The molecule has 0 bridgehead atoms. The first-order chi connectivity index (χ1) is 10.5. The lowest BCUT2D eigenvalue weighted by Gasteiger charge is -2.11. The van der Waals surface area contributed by atoms with Crippen LogP contribution in [0.25, 0.3) is 0 Å². The fraction of sp³-hybridized carbons (Fsp3) is 0.294. The summed E-state index contributed by atoms with van der Waals surface area (Å²) in [5, 5.41) is 0. The van der Waals surface area contributed by atoms with Gasteiger partial charge in [-0.05, 0) is 49.7 Å². The second-order valence-electron chi connectivity index (χ2n) is 5.51. The van der Waals surface area contributed by atoms with Crippen LogP contribution in [0.4, 0.5) is 0 Å². The minimum Gasteiger partial charge on any atom is -0.491 e. The largest absolute Gasteiger partial charge is 0.491 e. The van der Waals surface area contributed by atoms with Gasteiger partial charge in [0.15, 0.2) is 0 Å². The highest BCUT2D eigenvalue weighted by molar-refractivity contribution is 7.91. The van der Waals surface area contributed by atoms with Crippen LogP contribution >= 0.6 is 0 Å². The summed E-state index contributed by atoms with van der Waals surface area (Å²) in [4.78, 5) is 0.618. The molecular weight excluding hydrogens is 300 g/mol. The summed E-state index contributed by atoms with van der Waals surface area (Å²) in [6.45, 7) is 4.95. The summed E-state index contributed by atoms with van der Waals surface area (Å²) < 4.78 is 36.1. The molecule has 4 nitrogen and oxygen atoms in total. The third kappa shape index (κ3) is 3.15. The monoisotopic (exact) mass is 318 g/mol. The minimum absolute atomic E-state index is 0.177. The first kappa shape index (κ1) is 15.1. The summed E-state index contributed by atoms with van der Waals surface area (Å²) >= 11 is 0. The molecule has 1 aliphatic rings. The van der Waals surface area contributed by atoms with Crippen LogP contribution in [0.15, 0.2) is 52.3 Å². The Morgan fingerprint density at radius 3 is 2.41 bits per heavy atom. The Morgan fingerprint density at radius 2 is 1.82 bits per heavy atom.